The number of hydrogen-bond donors (Lipinski definition) is 1. The van der Waals surface area contributed by atoms with E-state index in [0.29, 0.717) is 12.1 Å². The molecule has 1 N–H and O–H groups in total. The van der Waals surface area contributed by atoms with Crippen LogP contribution in [0.5, 0.6) is 0 Å². The summed E-state index contributed by atoms with van der Waals surface area (Å²) in [6.07, 6.45) is 7.46. The zero-order valence-corrected chi connectivity index (χ0v) is 17.2. The van der Waals surface area contributed by atoms with E-state index in [1.807, 2.05) is 47.2 Å². The summed E-state index contributed by atoms with van der Waals surface area (Å²) in [5.41, 5.74) is 4.09. The van der Waals surface area contributed by atoms with Gasteiger partial charge in [-0.25, -0.2) is 15.0 Å². The summed E-state index contributed by atoms with van der Waals surface area (Å²) in [4.78, 5) is 28.7. The maximum Gasteiger partial charge on any atom is 0.251 e. The van der Waals surface area contributed by atoms with Crippen LogP contribution in [0.15, 0.2) is 67.3 Å². The van der Waals surface area contributed by atoms with Crippen molar-refractivity contribution in [3.63, 3.8) is 0 Å². The molecule has 2 aromatic carbocycles. The molecule has 0 bridgehead atoms. The Labute approximate surface area is 180 Å². The van der Waals surface area contributed by atoms with Gasteiger partial charge in [0.25, 0.3) is 5.91 Å². The fourth-order valence-corrected chi connectivity index (χ4v) is 3.71. The highest BCUT2D eigenvalue weighted by Gasteiger charge is 2.22. The number of anilines is 1. The predicted molar refractivity (Wildman–Crippen MR) is 121 cm³/mol. The average molecular weight is 412 g/mol. The number of carbonyl (C=O) groups excluding carboxylic acids is 1. The van der Waals surface area contributed by atoms with E-state index >= 15 is 0 Å². The number of aryl methyl sites for hydroxylation is 1. The molecule has 0 saturated carbocycles. The van der Waals surface area contributed by atoms with Crippen LogP contribution in [0, 0.1) is 0 Å². The van der Waals surface area contributed by atoms with Crippen molar-refractivity contribution >= 4 is 22.8 Å². The lowest BCUT2D eigenvalue weighted by Gasteiger charge is -2.33. The predicted octanol–water partition coefficient (Wildman–Crippen LogP) is 3.52. The highest BCUT2D eigenvalue weighted by Crippen LogP contribution is 2.32. The van der Waals surface area contributed by atoms with E-state index in [-0.39, 0.29) is 5.91 Å². The SMILES string of the molecule is O=C(NCCCn1ccnc1)c1ccc2nc(-c3ccccc3)c(N3CCC3)nc2c1. The van der Waals surface area contributed by atoms with Crippen molar-refractivity contribution in [2.24, 2.45) is 0 Å². The molecule has 156 valence electrons. The molecule has 2 aromatic heterocycles. The van der Waals surface area contributed by atoms with Crippen molar-refractivity contribution in [1.82, 2.24) is 24.8 Å². The molecular weight excluding hydrogens is 388 g/mol. The molecule has 4 aromatic rings. The molecule has 0 spiro atoms. The Morgan fingerprint density at radius 1 is 1.03 bits per heavy atom. The van der Waals surface area contributed by atoms with Crippen molar-refractivity contribution < 1.29 is 4.79 Å². The van der Waals surface area contributed by atoms with Gasteiger partial charge in [-0.15, -0.1) is 0 Å². The van der Waals surface area contributed by atoms with Crippen LogP contribution in [0.1, 0.15) is 23.2 Å². The molecule has 31 heavy (non-hydrogen) atoms. The number of fused-ring (bicyclic) bond motifs is 1. The Kier molecular flexibility index (Phi) is 5.31. The third-order valence-corrected chi connectivity index (χ3v) is 5.55. The number of hydrogen-bond acceptors (Lipinski definition) is 5. The fraction of sp³-hybridized carbons (Fsp3) is 0.250. The number of nitrogens with one attached hydrogen (secondary N) is 1. The van der Waals surface area contributed by atoms with Gasteiger partial charge in [0.15, 0.2) is 5.82 Å². The highest BCUT2D eigenvalue weighted by atomic mass is 16.1. The number of benzene rings is 2. The van der Waals surface area contributed by atoms with Crippen molar-refractivity contribution in [3.8, 4) is 11.3 Å². The maximum atomic E-state index is 12.6. The Morgan fingerprint density at radius 2 is 1.90 bits per heavy atom. The van der Waals surface area contributed by atoms with Gasteiger partial charge in [-0.2, -0.15) is 0 Å². The molecule has 1 aliphatic heterocycles. The molecule has 0 atom stereocenters. The van der Waals surface area contributed by atoms with Gasteiger partial charge in [0, 0.05) is 49.7 Å². The van der Waals surface area contributed by atoms with Gasteiger partial charge >= 0.3 is 0 Å². The monoisotopic (exact) mass is 412 g/mol. The molecule has 5 rings (SSSR count). The number of imidazole rings is 1. The van der Waals surface area contributed by atoms with E-state index < -0.39 is 0 Å². The van der Waals surface area contributed by atoms with E-state index in [2.05, 4.69) is 27.3 Å². The maximum absolute atomic E-state index is 12.6. The second kappa shape index (κ2) is 8.55. The number of amides is 1. The van der Waals surface area contributed by atoms with Crippen molar-refractivity contribution in [1.29, 1.82) is 0 Å². The first kappa shape index (κ1) is 19.2. The van der Waals surface area contributed by atoms with Gasteiger partial charge < -0.3 is 14.8 Å². The van der Waals surface area contributed by atoms with Crippen LogP contribution < -0.4 is 10.2 Å². The van der Waals surface area contributed by atoms with E-state index in [4.69, 9.17) is 9.97 Å². The molecule has 1 aliphatic rings. The first-order chi connectivity index (χ1) is 15.3. The number of rotatable bonds is 7. The van der Waals surface area contributed by atoms with E-state index in [0.717, 1.165) is 60.6 Å². The number of aromatic nitrogens is 4. The average Bonchev–Trinajstić information content (AvgIpc) is 3.29. The molecule has 1 amide bonds. The van der Waals surface area contributed by atoms with Crippen LogP contribution in [0.4, 0.5) is 5.82 Å². The molecule has 1 fully saturated rings. The quantitative estimate of drug-likeness (QED) is 0.470. The van der Waals surface area contributed by atoms with Gasteiger partial charge in [-0.3, -0.25) is 4.79 Å². The van der Waals surface area contributed by atoms with E-state index in [1.54, 1.807) is 12.5 Å². The van der Waals surface area contributed by atoms with Gasteiger partial charge in [-0.05, 0) is 31.0 Å². The number of nitrogens with zero attached hydrogens (tertiary/aromatic N) is 5. The summed E-state index contributed by atoms with van der Waals surface area (Å²) in [6, 6.07) is 15.7. The summed E-state index contributed by atoms with van der Waals surface area (Å²) >= 11 is 0. The minimum Gasteiger partial charge on any atom is -0.355 e. The lowest BCUT2D eigenvalue weighted by molar-refractivity contribution is 0.0953. The summed E-state index contributed by atoms with van der Waals surface area (Å²) in [5.74, 6) is 0.801. The standard InChI is InChI=1S/C24H24N6O/c31-24(26-10-4-12-29-15-11-25-17-29)19-8-9-20-21(16-19)28-23(30-13-5-14-30)22(27-20)18-6-2-1-3-7-18/h1-3,6-9,11,15-17H,4-5,10,12-14H2,(H,26,31). The molecule has 0 radical (unpaired) electrons. The van der Waals surface area contributed by atoms with Crippen LogP contribution in [-0.4, -0.2) is 45.1 Å². The Hall–Kier alpha value is -3.74. The first-order valence-electron chi connectivity index (χ1n) is 10.6. The molecular formula is C24H24N6O. The number of carbonyl (C=O) groups is 1. The van der Waals surface area contributed by atoms with E-state index in [9.17, 15) is 4.79 Å². The molecule has 3 heterocycles. The molecule has 7 heteroatoms. The van der Waals surface area contributed by atoms with Gasteiger partial charge in [0.2, 0.25) is 0 Å². The molecule has 7 nitrogen and oxygen atoms in total. The van der Waals surface area contributed by atoms with Crippen LogP contribution in [0.3, 0.4) is 0 Å². The fourth-order valence-electron chi connectivity index (χ4n) is 3.71. The normalized spacial score (nSPS) is 13.2. The van der Waals surface area contributed by atoms with Crippen molar-refractivity contribution in [2.45, 2.75) is 19.4 Å². The van der Waals surface area contributed by atoms with Crippen LogP contribution >= 0.6 is 0 Å². The second-order valence-corrected chi connectivity index (χ2v) is 7.72. The molecule has 0 aliphatic carbocycles. The smallest absolute Gasteiger partial charge is 0.251 e. The third kappa shape index (κ3) is 4.12. The minimum absolute atomic E-state index is 0.0908. The largest absolute Gasteiger partial charge is 0.355 e. The Bertz CT molecular complexity index is 1190. The molecule has 1 saturated heterocycles. The van der Waals surface area contributed by atoms with Crippen molar-refractivity contribution in [2.75, 3.05) is 24.5 Å². The van der Waals surface area contributed by atoms with Crippen molar-refractivity contribution in [3.05, 3.63) is 72.8 Å². The van der Waals surface area contributed by atoms with Crippen LogP contribution in [0.25, 0.3) is 22.3 Å². The first-order valence-corrected chi connectivity index (χ1v) is 10.6. The summed E-state index contributed by atoms with van der Waals surface area (Å²) < 4.78 is 2.00. The lowest BCUT2D eigenvalue weighted by atomic mass is 10.1. The summed E-state index contributed by atoms with van der Waals surface area (Å²) in [5, 5.41) is 2.99. The van der Waals surface area contributed by atoms with Gasteiger partial charge in [0.05, 0.1) is 17.4 Å². The lowest BCUT2D eigenvalue weighted by Crippen LogP contribution is -2.38. The summed E-state index contributed by atoms with van der Waals surface area (Å²) in [6.45, 7) is 3.39. The minimum atomic E-state index is -0.0908. The second-order valence-electron chi connectivity index (χ2n) is 7.72. The third-order valence-electron chi connectivity index (χ3n) is 5.55. The highest BCUT2D eigenvalue weighted by molar-refractivity contribution is 5.97. The zero-order valence-electron chi connectivity index (χ0n) is 17.2. The zero-order chi connectivity index (χ0) is 21.0. The van der Waals surface area contributed by atoms with E-state index in [1.165, 1.54) is 0 Å². The Balaban J connectivity index is 1.37. The van der Waals surface area contributed by atoms with Crippen LogP contribution in [-0.2, 0) is 6.54 Å². The van der Waals surface area contributed by atoms with Crippen LogP contribution in [0.2, 0.25) is 0 Å². The molecule has 0 unspecified atom stereocenters. The van der Waals surface area contributed by atoms with Gasteiger partial charge in [-0.1, -0.05) is 30.3 Å². The Morgan fingerprint density at radius 3 is 2.65 bits per heavy atom. The summed E-state index contributed by atoms with van der Waals surface area (Å²) in [7, 11) is 0. The topological polar surface area (TPSA) is 75.9 Å². The van der Waals surface area contributed by atoms with Gasteiger partial charge in [0.1, 0.15) is 5.69 Å².